The predicted molar refractivity (Wildman–Crippen MR) is 17.2 cm³/mol. The van der Waals surface area contributed by atoms with Crippen molar-refractivity contribution in [2.24, 2.45) is 0 Å². The average Bonchev–Trinajstić information content (AvgIpc) is 0. The normalized spacial score (nSPS) is 0. The second kappa shape index (κ2) is 38.9. The Hall–Kier alpha value is 1.92. The van der Waals surface area contributed by atoms with Gasteiger partial charge >= 0.3 is 25.8 Å². The van der Waals surface area contributed by atoms with Crippen molar-refractivity contribution in [2.45, 2.75) is 0 Å². The Labute approximate surface area is 72.4 Å². The molecule has 5 heavy (non-hydrogen) atoms. The van der Waals surface area contributed by atoms with E-state index in [9.17, 15) is 0 Å². The fraction of sp³-hybridized carbons (Fsp3) is 0. The van der Waals surface area contributed by atoms with Crippen molar-refractivity contribution in [1.82, 2.24) is 0 Å². The summed E-state index contributed by atoms with van der Waals surface area (Å²) in [5.41, 5.74) is 0. The molecular formula is H7CoInO2Zn. The second-order valence-corrected chi connectivity index (χ2v) is 0. The SMILES string of the molecule is O.O.[Co].[InH3].[Zn]. The minimum absolute atomic E-state index is 0. The Morgan fingerprint density at radius 2 is 0.800 bits per heavy atom. The molecular weight excluding hydrogens is 271 g/mol. The van der Waals surface area contributed by atoms with E-state index < -0.39 is 0 Å². The van der Waals surface area contributed by atoms with Crippen LogP contribution in [0.5, 0.6) is 0 Å². The van der Waals surface area contributed by atoms with Crippen LogP contribution in [0.3, 0.4) is 0 Å². The van der Waals surface area contributed by atoms with Gasteiger partial charge in [0.15, 0.2) is 0 Å². The van der Waals surface area contributed by atoms with E-state index in [2.05, 4.69) is 0 Å². The molecule has 0 amide bonds. The van der Waals surface area contributed by atoms with Gasteiger partial charge in [0.05, 0.1) is 0 Å². The second-order valence-electron chi connectivity index (χ2n) is 0. The molecule has 0 saturated heterocycles. The molecule has 0 aromatic heterocycles. The van der Waals surface area contributed by atoms with Crippen LogP contribution in [-0.4, -0.2) is 36.8 Å². The molecule has 0 spiro atoms. The topological polar surface area (TPSA) is 63.0 Å². The van der Waals surface area contributed by atoms with Gasteiger partial charge in [-0.3, -0.25) is 0 Å². The Morgan fingerprint density at radius 3 is 0.800 bits per heavy atom. The molecule has 0 unspecified atom stereocenters. The van der Waals surface area contributed by atoms with Crippen molar-refractivity contribution in [1.29, 1.82) is 0 Å². The van der Waals surface area contributed by atoms with Crippen LogP contribution in [-0.2, 0) is 36.3 Å². The van der Waals surface area contributed by atoms with E-state index in [-0.39, 0.29) is 73.1 Å². The Bertz CT molecular complexity index is 9.61. The summed E-state index contributed by atoms with van der Waals surface area (Å²) in [5.74, 6) is 0. The van der Waals surface area contributed by atoms with E-state index in [0.717, 1.165) is 0 Å². The van der Waals surface area contributed by atoms with E-state index in [1.165, 1.54) is 0 Å². The van der Waals surface area contributed by atoms with E-state index in [0.29, 0.717) is 0 Å². The summed E-state index contributed by atoms with van der Waals surface area (Å²) in [6.45, 7) is 0. The van der Waals surface area contributed by atoms with Crippen LogP contribution in [0.15, 0.2) is 0 Å². The van der Waals surface area contributed by atoms with Crippen LogP contribution >= 0.6 is 0 Å². The molecule has 2 nitrogen and oxygen atoms in total. The Balaban J connectivity index is 0. The van der Waals surface area contributed by atoms with Crippen LogP contribution in [0.4, 0.5) is 0 Å². The number of hydrogen-bond acceptors (Lipinski definition) is 0. The van der Waals surface area contributed by atoms with Gasteiger partial charge in [-0.25, -0.2) is 0 Å². The summed E-state index contributed by atoms with van der Waals surface area (Å²) in [6, 6.07) is 0. The van der Waals surface area contributed by atoms with E-state index in [4.69, 9.17) is 0 Å². The third-order valence-corrected chi connectivity index (χ3v) is 0. The fourth-order valence-corrected chi connectivity index (χ4v) is 0. The molecule has 0 heterocycles. The summed E-state index contributed by atoms with van der Waals surface area (Å²) in [5, 5.41) is 0. The molecule has 0 aliphatic rings. The molecule has 0 atom stereocenters. The zero-order chi connectivity index (χ0) is 0. The maximum Gasteiger partial charge on any atom is 0 e. The maximum absolute atomic E-state index is 0. The maximum atomic E-state index is 0. The Kier molecular flexibility index (Phi) is 511. The van der Waals surface area contributed by atoms with Crippen molar-refractivity contribution in [3.8, 4) is 0 Å². The molecule has 4 N–H and O–H groups in total. The van der Waals surface area contributed by atoms with Gasteiger partial charge in [0.25, 0.3) is 0 Å². The number of hydrogen-bond donors (Lipinski definition) is 0. The molecule has 0 rings (SSSR count). The van der Waals surface area contributed by atoms with E-state index in [1.807, 2.05) is 0 Å². The first-order chi connectivity index (χ1) is 0. The van der Waals surface area contributed by atoms with Crippen LogP contribution in [0.25, 0.3) is 0 Å². The third kappa shape index (κ3) is 24.7. The molecule has 33 valence electrons. The van der Waals surface area contributed by atoms with Gasteiger partial charge in [-0.15, -0.1) is 0 Å². The van der Waals surface area contributed by atoms with Crippen molar-refractivity contribution in [2.75, 3.05) is 0 Å². The average molecular weight is 278 g/mol. The van der Waals surface area contributed by atoms with E-state index in [1.54, 1.807) is 0 Å². The summed E-state index contributed by atoms with van der Waals surface area (Å²) < 4.78 is 0. The molecule has 0 aromatic rings. The smallest absolute Gasteiger partial charge is 0 e. The van der Waals surface area contributed by atoms with Crippen LogP contribution < -0.4 is 0 Å². The zero-order valence-electron chi connectivity index (χ0n) is 2.04. The van der Waals surface area contributed by atoms with Gasteiger partial charge in [-0.1, -0.05) is 0 Å². The largest absolute Gasteiger partial charge is 0 e. The summed E-state index contributed by atoms with van der Waals surface area (Å²) >= 11 is 0. The van der Waals surface area contributed by atoms with E-state index >= 15 is 0 Å². The quantitative estimate of drug-likeness (QED) is 0.429. The molecule has 0 fully saturated rings. The summed E-state index contributed by atoms with van der Waals surface area (Å²) in [7, 11) is 0. The first-order valence-electron chi connectivity index (χ1n) is 0. The minimum Gasteiger partial charge on any atom is 0 e. The van der Waals surface area contributed by atoms with Crippen LogP contribution in [0.1, 0.15) is 0 Å². The van der Waals surface area contributed by atoms with Gasteiger partial charge in [0.2, 0.25) is 0 Å². The first kappa shape index (κ1) is 65.8. The van der Waals surface area contributed by atoms with Crippen LogP contribution in [0.2, 0.25) is 0 Å². The summed E-state index contributed by atoms with van der Waals surface area (Å²) in [6.07, 6.45) is 0. The molecule has 0 aliphatic heterocycles. The molecule has 0 aliphatic carbocycles. The third-order valence-electron chi connectivity index (χ3n) is 0. The monoisotopic (exact) mass is 277 g/mol. The molecule has 1 radical (unpaired) electrons. The van der Waals surface area contributed by atoms with Gasteiger partial charge < -0.3 is 11.0 Å². The van der Waals surface area contributed by atoms with Gasteiger partial charge in [0, 0.05) is 36.3 Å². The summed E-state index contributed by atoms with van der Waals surface area (Å²) in [4.78, 5) is 0. The molecule has 0 aromatic carbocycles. The van der Waals surface area contributed by atoms with Crippen molar-refractivity contribution < 1.29 is 47.2 Å². The zero-order valence-corrected chi connectivity index (χ0v) is 6.05. The number of rotatable bonds is 0. The minimum atomic E-state index is 0. The van der Waals surface area contributed by atoms with Gasteiger partial charge in [-0.05, 0) is 0 Å². The Morgan fingerprint density at radius 1 is 0.800 bits per heavy atom. The van der Waals surface area contributed by atoms with Gasteiger partial charge in [0.1, 0.15) is 0 Å². The molecule has 5 heteroatoms. The standard InChI is InChI=1S/Co.In.2H2O.Zn.3H/h;;2*1H2;;;;. The van der Waals surface area contributed by atoms with Crippen molar-refractivity contribution >= 4 is 25.8 Å². The van der Waals surface area contributed by atoms with Crippen molar-refractivity contribution in [3.05, 3.63) is 0 Å². The predicted octanol–water partition coefficient (Wildman–Crippen LogP) is -2.84. The molecule has 0 bridgehead atoms. The van der Waals surface area contributed by atoms with Crippen LogP contribution in [0, 0.1) is 0 Å². The first-order valence-corrected chi connectivity index (χ1v) is 0. The molecule has 0 saturated carbocycles. The van der Waals surface area contributed by atoms with Crippen molar-refractivity contribution in [3.63, 3.8) is 0 Å². The van der Waals surface area contributed by atoms with Gasteiger partial charge in [-0.2, -0.15) is 0 Å². The fourth-order valence-electron chi connectivity index (χ4n) is 0.